The molecular weight excluding hydrogens is 202 g/mol. The lowest BCUT2D eigenvalue weighted by Crippen LogP contribution is -2.38. The average Bonchev–Trinajstić information content (AvgIpc) is 2.29. The molecule has 0 amide bonds. The van der Waals surface area contributed by atoms with Crippen molar-refractivity contribution in [3.05, 3.63) is 29.3 Å². The van der Waals surface area contributed by atoms with Crippen LogP contribution in [-0.2, 0) is 4.74 Å². The zero-order chi connectivity index (χ0) is 11.5. The Morgan fingerprint density at radius 3 is 2.69 bits per heavy atom. The second-order valence-corrected chi connectivity index (χ2v) is 3.98. The van der Waals surface area contributed by atoms with Gasteiger partial charge in [0.05, 0.1) is 18.9 Å². The first-order valence-corrected chi connectivity index (χ1v) is 5.47. The normalized spacial score (nSPS) is 16.2. The first kappa shape index (κ1) is 11.0. The van der Waals surface area contributed by atoms with E-state index in [1.165, 1.54) is 0 Å². The number of para-hydroxylation sites is 1. The highest BCUT2D eigenvalue weighted by atomic mass is 16.5. The Balaban J connectivity index is 2.40. The molecule has 86 valence electrons. The van der Waals surface area contributed by atoms with Gasteiger partial charge in [-0.25, -0.2) is 0 Å². The van der Waals surface area contributed by atoms with E-state index in [-0.39, 0.29) is 5.84 Å². The second kappa shape index (κ2) is 4.53. The highest BCUT2D eigenvalue weighted by molar-refractivity contribution is 6.01. The smallest absolute Gasteiger partial charge is 0.124 e. The van der Waals surface area contributed by atoms with Crippen LogP contribution < -0.4 is 10.6 Å². The molecule has 1 fully saturated rings. The van der Waals surface area contributed by atoms with E-state index in [0.29, 0.717) is 0 Å². The second-order valence-electron chi connectivity index (χ2n) is 3.98. The molecule has 0 unspecified atom stereocenters. The maximum atomic E-state index is 7.61. The van der Waals surface area contributed by atoms with Crippen LogP contribution in [0.1, 0.15) is 11.1 Å². The minimum atomic E-state index is 0.130. The minimum absolute atomic E-state index is 0.130. The van der Waals surface area contributed by atoms with Crippen LogP contribution >= 0.6 is 0 Å². The fourth-order valence-electron chi connectivity index (χ4n) is 2.08. The Morgan fingerprint density at radius 2 is 2.06 bits per heavy atom. The zero-order valence-electron chi connectivity index (χ0n) is 9.49. The molecule has 4 heteroatoms. The Kier molecular flexibility index (Phi) is 3.10. The van der Waals surface area contributed by atoms with E-state index in [2.05, 4.69) is 17.9 Å². The van der Waals surface area contributed by atoms with E-state index in [1.54, 1.807) is 0 Å². The average molecular weight is 219 g/mol. The van der Waals surface area contributed by atoms with Gasteiger partial charge >= 0.3 is 0 Å². The van der Waals surface area contributed by atoms with Crippen molar-refractivity contribution in [1.82, 2.24) is 0 Å². The predicted octanol–water partition coefficient (Wildman–Crippen LogP) is 1.12. The summed E-state index contributed by atoms with van der Waals surface area (Å²) < 4.78 is 5.33. The predicted molar refractivity (Wildman–Crippen MR) is 65.2 cm³/mol. The zero-order valence-corrected chi connectivity index (χ0v) is 9.49. The molecule has 1 aliphatic heterocycles. The van der Waals surface area contributed by atoms with E-state index in [9.17, 15) is 0 Å². The molecule has 2 rings (SSSR count). The summed E-state index contributed by atoms with van der Waals surface area (Å²) in [5, 5.41) is 7.61. The van der Waals surface area contributed by atoms with Gasteiger partial charge < -0.3 is 15.4 Å². The number of hydrogen-bond acceptors (Lipinski definition) is 3. The van der Waals surface area contributed by atoms with Gasteiger partial charge in [-0.1, -0.05) is 12.1 Å². The number of anilines is 1. The van der Waals surface area contributed by atoms with Crippen LogP contribution in [-0.4, -0.2) is 32.1 Å². The standard InChI is InChI=1S/C12H17N3O/c1-9-3-2-4-10(12(13)14)11(9)15-5-7-16-8-6-15/h2-4H,5-8H2,1H3,(H3,13,14). The lowest BCUT2D eigenvalue weighted by Gasteiger charge is -2.31. The molecule has 4 nitrogen and oxygen atoms in total. The number of ether oxygens (including phenoxy) is 1. The third-order valence-electron chi connectivity index (χ3n) is 2.86. The van der Waals surface area contributed by atoms with E-state index in [1.807, 2.05) is 12.1 Å². The highest BCUT2D eigenvalue weighted by Crippen LogP contribution is 2.25. The summed E-state index contributed by atoms with van der Waals surface area (Å²) in [7, 11) is 0. The van der Waals surface area contributed by atoms with E-state index >= 15 is 0 Å². The van der Waals surface area contributed by atoms with Crippen LogP contribution in [0.4, 0.5) is 5.69 Å². The van der Waals surface area contributed by atoms with Crippen LogP contribution in [0.25, 0.3) is 0 Å². The lowest BCUT2D eigenvalue weighted by molar-refractivity contribution is 0.122. The largest absolute Gasteiger partial charge is 0.384 e. The molecule has 16 heavy (non-hydrogen) atoms. The Labute approximate surface area is 95.5 Å². The maximum Gasteiger partial charge on any atom is 0.124 e. The molecule has 0 atom stereocenters. The first-order chi connectivity index (χ1) is 7.70. The number of benzene rings is 1. The fourth-order valence-corrected chi connectivity index (χ4v) is 2.08. The first-order valence-electron chi connectivity index (χ1n) is 5.47. The Bertz CT molecular complexity index is 397. The van der Waals surface area contributed by atoms with Gasteiger partial charge in [-0.15, -0.1) is 0 Å². The number of rotatable bonds is 2. The number of nitrogens with one attached hydrogen (secondary N) is 1. The van der Waals surface area contributed by atoms with Gasteiger partial charge in [-0.05, 0) is 18.6 Å². The van der Waals surface area contributed by atoms with E-state index in [4.69, 9.17) is 15.9 Å². The molecule has 1 saturated heterocycles. The highest BCUT2D eigenvalue weighted by Gasteiger charge is 2.17. The van der Waals surface area contributed by atoms with Gasteiger partial charge in [0.2, 0.25) is 0 Å². The number of aryl methyl sites for hydroxylation is 1. The van der Waals surface area contributed by atoms with Crippen LogP contribution in [0.2, 0.25) is 0 Å². The molecule has 0 aromatic heterocycles. The minimum Gasteiger partial charge on any atom is -0.384 e. The van der Waals surface area contributed by atoms with Gasteiger partial charge in [0.15, 0.2) is 0 Å². The van der Waals surface area contributed by atoms with Gasteiger partial charge in [-0.2, -0.15) is 0 Å². The number of amidine groups is 1. The molecule has 0 bridgehead atoms. The Morgan fingerprint density at radius 1 is 1.38 bits per heavy atom. The molecule has 3 N–H and O–H groups in total. The molecule has 1 aromatic rings. The summed E-state index contributed by atoms with van der Waals surface area (Å²) in [4.78, 5) is 2.25. The van der Waals surface area contributed by atoms with Crippen LogP contribution in [0.15, 0.2) is 18.2 Å². The van der Waals surface area contributed by atoms with Crippen LogP contribution in [0.3, 0.4) is 0 Å². The molecule has 1 aromatic carbocycles. The number of nitrogens with zero attached hydrogens (tertiary/aromatic N) is 1. The summed E-state index contributed by atoms with van der Waals surface area (Å²) in [6, 6.07) is 5.90. The third kappa shape index (κ3) is 2.02. The summed E-state index contributed by atoms with van der Waals surface area (Å²) in [5.74, 6) is 0.130. The quantitative estimate of drug-likeness (QED) is 0.578. The number of nitrogens with two attached hydrogens (primary N) is 1. The number of hydrogen-bond donors (Lipinski definition) is 2. The number of morpholine rings is 1. The summed E-state index contributed by atoms with van der Waals surface area (Å²) in [6.45, 7) is 5.27. The molecule has 0 saturated carbocycles. The van der Waals surface area contributed by atoms with Crippen molar-refractivity contribution in [3.8, 4) is 0 Å². The molecule has 1 aliphatic rings. The summed E-state index contributed by atoms with van der Waals surface area (Å²) in [6.07, 6.45) is 0. The van der Waals surface area contributed by atoms with E-state index in [0.717, 1.165) is 43.1 Å². The molecule has 0 spiro atoms. The number of nitrogen functional groups attached to an aromatic ring is 1. The summed E-state index contributed by atoms with van der Waals surface area (Å²) in [5.41, 5.74) is 8.68. The molecule has 0 aliphatic carbocycles. The van der Waals surface area contributed by atoms with Gasteiger partial charge in [-0.3, -0.25) is 5.41 Å². The Hall–Kier alpha value is -1.55. The van der Waals surface area contributed by atoms with Crippen molar-refractivity contribution in [1.29, 1.82) is 5.41 Å². The van der Waals surface area contributed by atoms with Gasteiger partial charge in [0, 0.05) is 18.7 Å². The van der Waals surface area contributed by atoms with Crippen LogP contribution in [0, 0.1) is 12.3 Å². The lowest BCUT2D eigenvalue weighted by atomic mass is 10.1. The fraction of sp³-hybridized carbons (Fsp3) is 0.417. The van der Waals surface area contributed by atoms with Crippen molar-refractivity contribution in [2.24, 2.45) is 5.73 Å². The summed E-state index contributed by atoms with van der Waals surface area (Å²) >= 11 is 0. The van der Waals surface area contributed by atoms with Crippen molar-refractivity contribution in [2.75, 3.05) is 31.2 Å². The molecular formula is C12H17N3O. The van der Waals surface area contributed by atoms with Crippen molar-refractivity contribution in [3.63, 3.8) is 0 Å². The van der Waals surface area contributed by atoms with E-state index < -0.39 is 0 Å². The van der Waals surface area contributed by atoms with Crippen LogP contribution in [0.5, 0.6) is 0 Å². The van der Waals surface area contributed by atoms with Gasteiger partial charge in [0.1, 0.15) is 5.84 Å². The topological polar surface area (TPSA) is 62.3 Å². The monoisotopic (exact) mass is 219 g/mol. The van der Waals surface area contributed by atoms with Crippen molar-refractivity contribution < 1.29 is 4.74 Å². The molecule has 0 radical (unpaired) electrons. The van der Waals surface area contributed by atoms with Crippen molar-refractivity contribution >= 4 is 11.5 Å². The SMILES string of the molecule is Cc1cccc(C(=N)N)c1N1CCOCC1. The maximum absolute atomic E-state index is 7.61. The molecule has 1 heterocycles. The van der Waals surface area contributed by atoms with Crippen molar-refractivity contribution in [2.45, 2.75) is 6.92 Å². The third-order valence-corrected chi connectivity index (χ3v) is 2.86. The van der Waals surface area contributed by atoms with Gasteiger partial charge in [0.25, 0.3) is 0 Å².